The molecule has 1 rings (SSSR count). The fraction of sp³-hybridized carbons (Fsp3) is 0.600. The number of thiazole rings is 1. The summed E-state index contributed by atoms with van der Waals surface area (Å²) in [5.74, 6) is -0.0577. The number of hydrogen-bond acceptors (Lipinski definition) is 5. The lowest BCUT2D eigenvalue weighted by atomic mass is 10.3. The number of rotatable bonds is 6. The van der Waals surface area contributed by atoms with Gasteiger partial charge in [0, 0.05) is 11.9 Å². The molecule has 0 saturated carbocycles. The van der Waals surface area contributed by atoms with Gasteiger partial charge in [-0.2, -0.15) is 0 Å². The summed E-state index contributed by atoms with van der Waals surface area (Å²) in [6.07, 6.45) is 0.463. The van der Waals surface area contributed by atoms with Gasteiger partial charge in [-0.3, -0.25) is 4.79 Å². The summed E-state index contributed by atoms with van der Waals surface area (Å²) in [6.45, 7) is 4.97. The highest BCUT2D eigenvalue weighted by atomic mass is 32.1. The van der Waals surface area contributed by atoms with Crippen molar-refractivity contribution < 1.29 is 9.53 Å². The van der Waals surface area contributed by atoms with Crippen LogP contribution in [0.5, 0.6) is 0 Å². The monoisotopic (exact) mass is 243 g/mol. The summed E-state index contributed by atoms with van der Waals surface area (Å²) >= 11 is 1.34. The van der Waals surface area contributed by atoms with Crippen molar-refractivity contribution >= 4 is 22.4 Å². The van der Waals surface area contributed by atoms with E-state index in [-0.39, 0.29) is 18.4 Å². The molecule has 90 valence electrons. The average Bonchev–Trinajstić information content (AvgIpc) is 2.58. The van der Waals surface area contributed by atoms with Gasteiger partial charge in [-0.25, -0.2) is 4.98 Å². The molecular weight excluding hydrogens is 226 g/mol. The summed E-state index contributed by atoms with van der Waals surface area (Å²) in [4.78, 5) is 15.4. The Labute approximate surface area is 99.0 Å². The topological polar surface area (TPSA) is 77.2 Å². The second kappa shape index (κ2) is 6.44. The number of carbonyl (C=O) groups is 1. The molecule has 0 aromatic carbocycles. The molecule has 0 bridgehead atoms. The van der Waals surface area contributed by atoms with E-state index in [0.717, 1.165) is 0 Å². The van der Waals surface area contributed by atoms with Gasteiger partial charge in [0.05, 0.1) is 24.8 Å². The second-order valence-corrected chi connectivity index (χ2v) is 4.51. The van der Waals surface area contributed by atoms with Crippen molar-refractivity contribution in [3.63, 3.8) is 0 Å². The van der Waals surface area contributed by atoms with E-state index < -0.39 is 0 Å². The van der Waals surface area contributed by atoms with Crippen LogP contribution in [-0.4, -0.2) is 30.1 Å². The largest absolute Gasteiger partial charge is 0.377 e. The van der Waals surface area contributed by atoms with E-state index in [1.54, 1.807) is 5.38 Å². The standard InChI is InChI=1S/C10H17N3O2S/c1-7(2)15-4-3-12-9(14)5-8-6-16-10(11)13-8/h6-7H,3-5H2,1-2H3,(H2,11,13)(H,12,14). The minimum absolute atomic E-state index is 0.0577. The van der Waals surface area contributed by atoms with Crippen LogP contribution in [0.25, 0.3) is 0 Å². The van der Waals surface area contributed by atoms with Crippen molar-refractivity contribution in [3.8, 4) is 0 Å². The van der Waals surface area contributed by atoms with Crippen LogP contribution < -0.4 is 11.1 Å². The van der Waals surface area contributed by atoms with Gasteiger partial charge in [0.15, 0.2) is 5.13 Å². The second-order valence-electron chi connectivity index (χ2n) is 3.62. The molecule has 0 spiro atoms. The Morgan fingerprint density at radius 3 is 3.00 bits per heavy atom. The molecule has 5 nitrogen and oxygen atoms in total. The van der Waals surface area contributed by atoms with Crippen LogP contribution in [0.1, 0.15) is 19.5 Å². The molecule has 1 aromatic heterocycles. The lowest BCUT2D eigenvalue weighted by Gasteiger charge is -2.07. The highest BCUT2D eigenvalue weighted by Gasteiger charge is 2.05. The number of hydrogen-bond donors (Lipinski definition) is 2. The third-order valence-electron chi connectivity index (χ3n) is 1.79. The summed E-state index contributed by atoms with van der Waals surface area (Å²) in [6, 6.07) is 0. The number of amides is 1. The zero-order valence-corrected chi connectivity index (χ0v) is 10.3. The summed E-state index contributed by atoms with van der Waals surface area (Å²) in [7, 11) is 0. The van der Waals surface area contributed by atoms with Crippen LogP contribution in [0.2, 0.25) is 0 Å². The number of anilines is 1. The number of aromatic nitrogens is 1. The molecule has 1 heterocycles. The molecule has 0 aliphatic rings. The van der Waals surface area contributed by atoms with Crippen LogP contribution in [0.4, 0.5) is 5.13 Å². The van der Waals surface area contributed by atoms with Crippen LogP contribution in [0.3, 0.4) is 0 Å². The molecule has 0 aliphatic carbocycles. The zero-order valence-electron chi connectivity index (χ0n) is 9.53. The van der Waals surface area contributed by atoms with Gasteiger partial charge >= 0.3 is 0 Å². The van der Waals surface area contributed by atoms with E-state index in [2.05, 4.69) is 10.3 Å². The number of nitrogens with one attached hydrogen (secondary N) is 1. The Balaban J connectivity index is 2.16. The van der Waals surface area contributed by atoms with Crippen LogP contribution in [0, 0.1) is 0 Å². The lowest BCUT2D eigenvalue weighted by Crippen LogP contribution is -2.29. The molecular formula is C10H17N3O2S. The van der Waals surface area contributed by atoms with Crippen LogP contribution in [0.15, 0.2) is 5.38 Å². The molecule has 0 unspecified atom stereocenters. The first-order valence-electron chi connectivity index (χ1n) is 5.16. The molecule has 0 fully saturated rings. The first kappa shape index (κ1) is 12.9. The third-order valence-corrected chi connectivity index (χ3v) is 2.51. The first-order valence-corrected chi connectivity index (χ1v) is 6.04. The van der Waals surface area contributed by atoms with Gasteiger partial charge in [-0.05, 0) is 13.8 Å². The average molecular weight is 243 g/mol. The Hall–Kier alpha value is -1.14. The Morgan fingerprint density at radius 2 is 2.44 bits per heavy atom. The quantitative estimate of drug-likeness (QED) is 0.725. The van der Waals surface area contributed by atoms with E-state index in [4.69, 9.17) is 10.5 Å². The maximum absolute atomic E-state index is 11.4. The van der Waals surface area contributed by atoms with E-state index in [1.807, 2.05) is 13.8 Å². The predicted molar refractivity (Wildman–Crippen MR) is 64.3 cm³/mol. The third kappa shape index (κ3) is 5.09. The van der Waals surface area contributed by atoms with Gasteiger partial charge in [0.1, 0.15) is 0 Å². The maximum Gasteiger partial charge on any atom is 0.226 e. The zero-order chi connectivity index (χ0) is 12.0. The molecule has 3 N–H and O–H groups in total. The van der Waals surface area contributed by atoms with Crippen LogP contribution >= 0.6 is 11.3 Å². The van der Waals surface area contributed by atoms with Crippen molar-refractivity contribution in [3.05, 3.63) is 11.1 Å². The molecule has 1 aromatic rings. The lowest BCUT2D eigenvalue weighted by molar-refractivity contribution is -0.120. The molecule has 0 atom stereocenters. The van der Waals surface area contributed by atoms with E-state index in [1.165, 1.54) is 11.3 Å². The number of nitrogens with zero attached hydrogens (tertiary/aromatic N) is 1. The highest BCUT2D eigenvalue weighted by molar-refractivity contribution is 7.13. The summed E-state index contributed by atoms with van der Waals surface area (Å²) < 4.78 is 5.30. The normalized spacial score (nSPS) is 10.7. The van der Waals surface area contributed by atoms with Crippen molar-refractivity contribution in [2.75, 3.05) is 18.9 Å². The minimum atomic E-state index is -0.0577. The summed E-state index contributed by atoms with van der Waals surface area (Å²) in [5, 5.41) is 5.04. The molecule has 1 amide bonds. The first-order chi connectivity index (χ1) is 7.58. The molecule has 16 heavy (non-hydrogen) atoms. The van der Waals surface area contributed by atoms with Crippen molar-refractivity contribution in [2.24, 2.45) is 0 Å². The Kier molecular flexibility index (Phi) is 5.21. The van der Waals surface area contributed by atoms with E-state index >= 15 is 0 Å². The fourth-order valence-corrected chi connectivity index (χ4v) is 1.68. The summed E-state index contributed by atoms with van der Waals surface area (Å²) in [5.41, 5.74) is 6.18. The van der Waals surface area contributed by atoms with Gasteiger partial charge in [0.2, 0.25) is 5.91 Å². The molecule has 6 heteroatoms. The van der Waals surface area contributed by atoms with Gasteiger partial charge in [-0.1, -0.05) is 0 Å². The number of carbonyl (C=O) groups excluding carboxylic acids is 1. The SMILES string of the molecule is CC(C)OCCNC(=O)Cc1csc(N)n1. The van der Waals surface area contributed by atoms with Crippen molar-refractivity contribution in [1.82, 2.24) is 10.3 Å². The number of nitrogen functional groups attached to an aromatic ring is 1. The van der Waals surface area contributed by atoms with Gasteiger partial charge in [-0.15, -0.1) is 11.3 Å². The number of nitrogens with two attached hydrogens (primary N) is 1. The smallest absolute Gasteiger partial charge is 0.226 e. The van der Waals surface area contributed by atoms with Gasteiger partial charge < -0.3 is 15.8 Å². The van der Waals surface area contributed by atoms with E-state index in [0.29, 0.717) is 24.0 Å². The van der Waals surface area contributed by atoms with Crippen molar-refractivity contribution in [2.45, 2.75) is 26.4 Å². The Morgan fingerprint density at radius 1 is 1.69 bits per heavy atom. The van der Waals surface area contributed by atoms with Crippen LogP contribution in [-0.2, 0) is 16.0 Å². The van der Waals surface area contributed by atoms with Gasteiger partial charge in [0.25, 0.3) is 0 Å². The molecule has 0 radical (unpaired) electrons. The van der Waals surface area contributed by atoms with Crippen molar-refractivity contribution in [1.29, 1.82) is 0 Å². The molecule has 0 aliphatic heterocycles. The van der Waals surface area contributed by atoms with E-state index in [9.17, 15) is 4.79 Å². The molecule has 0 saturated heterocycles. The maximum atomic E-state index is 11.4. The minimum Gasteiger partial charge on any atom is -0.377 e. The fourth-order valence-electron chi connectivity index (χ4n) is 1.12. The highest BCUT2D eigenvalue weighted by Crippen LogP contribution is 2.10. The number of ether oxygens (including phenoxy) is 1. The predicted octanol–water partition coefficient (Wildman–Crippen LogP) is 0.809. The Bertz CT molecular complexity index is 339.